The van der Waals surface area contributed by atoms with E-state index in [1.54, 1.807) is 10.9 Å². The number of rotatable bonds is 7. The van der Waals surface area contributed by atoms with Crippen molar-refractivity contribution in [2.24, 2.45) is 0 Å². The van der Waals surface area contributed by atoms with Crippen LogP contribution >= 0.6 is 0 Å². The summed E-state index contributed by atoms with van der Waals surface area (Å²) in [5.74, 6) is -0.0932. The molecule has 0 spiro atoms. The van der Waals surface area contributed by atoms with Gasteiger partial charge in [-0.25, -0.2) is 4.98 Å². The summed E-state index contributed by atoms with van der Waals surface area (Å²) < 4.78 is 1.76. The minimum Gasteiger partial charge on any atom is -0.354 e. The first-order valence-corrected chi connectivity index (χ1v) is 6.15. The van der Waals surface area contributed by atoms with Gasteiger partial charge in [-0.3, -0.25) is 4.79 Å². The Kier molecular flexibility index (Phi) is 4.31. The molecule has 0 unspecified atom stereocenters. The van der Waals surface area contributed by atoms with Crippen molar-refractivity contribution in [1.29, 1.82) is 5.26 Å². The zero-order chi connectivity index (χ0) is 12.8. The fraction of sp³-hybridized carbons (Fsp3) is 0.583. The van der Waals surface area contributed by atoms with Crippen molar-refractivity contribution in [2.75, 3.05) is 6.54 Å². The molecule has 1 heterocycles. The van der Waals surface area contributed by atoms with Crippen LogP contribution in [0.4, 0.5) is 0 Å². The summed E-state index contributed by atoms with van der Waals surface area (Å²) in [6.45, 7) is 1.41. The van der Waals surface area contributed by atoms with Gasteiger partial charge in [-0.1, -0.05) is 0 Å². The Labute approximate surface area is 106 Å². The molecule has 0 atom stereocenters. The van der Waals surface area contributed by atoms with Crippen LogP contribution in [-0.4, -0.2) is 28.0 Å². The Balaban J connectivity index is 1.71. The van der Waals surface area contributed by atoms with Gasteiger partial charge in [-0.15, -0.1) is 0 Å². The van der Waals surface area contributed by atoms with Gasteiger partial charge in [-0.2, -0.15) is 5.26 Å². The van der Waals surface area contributed by atoms with Gasteiger partial charge in [0.1, 0.15) is 6.54 Å². The van der Waals surface area contributed by atoms with Crippen LogP contribution in [-0.2, 0) is 17.9 Å². The Morgan fingerprint density at radius 2 is 2.44 bits per heavy atom. The maximum absolute atomic E-state index is 11.5. The highest BCUT2D eigenvalue weighted by molar-refractivity contribution is 5.75. The molecule has 1 aromatic heterocycles. The van der Waals surface area contributed by atoms with Crippen LogP contribution in [0.5, 0.6) is 0 Å². The SMILES string of the molecule is N#CCCNC(=O)Cn1cnc(CNC2CC2)c1. The molecule has 0 aromatic carbocycles. The predicted molar refractivity (Wildman–Crippen MR) is 65.3 cm³/mol. The molecule has 0 aliphatic heterocycles. The Bertz CT molecular complexity index is 444. The topological polar surface area (TPSA) is 82.7 Å². The summed E-state index contributed by atoms with van der Waals surface area (Å²) in [6.07, 6.45) is 6.38. The lowest BCUT2D eigenvalue weighted by Gasteiger charge is -2.03. The van der Waals surface area contributed by atoms with E-state index < -0.39 is 0 Å². The number of imidazole rings is 1. The highest BCUT2D eigenvalue weighted by Gasteiger charge is 2.20. The fourth-order valence-corrected chi connectivity index (χ4v) is 1.60. The van der Waals surface area contributed by atoms with Gasteiger partial charge >= 0.3 is 0 Å². The highest BCUT2D eigenvalue weighted by Crippen LogP contribution is 2.18. The molecular formula is C12H17N5O. The number of hydrogen-bond acceptors (Lipinski definition) is 4. The van der Waals surface area contributed by atoms with Crippen molar-refractivity contribution in [3.05, 3.63) is 18.2 Å². The number of nitrogens with zero attached hydrogens (tertiary/aromatic N) is 3. The van der Waals surface area contributed by atoms with Crippen LogP contribution < -0.4 is 10.6 Å². The summed E-state index contributed by atoms with van der Waals surface area (Å²) in [5, 5.41) is 14.4. The van der Waals surface area contributed by atoms with Gasteiger partial charge in [-0.05, 0) is 12.8 Å². The van der Waals surface area contributed by atoms with E-state index in [4.69, 9.17) is 5.26 Å². The lowest BCUT2D eigenvalue weighted by molar-refractivity contribution is -0.121. The van der Waals surface area contributed by atoms with Gasteiger partial charge in [0.25, 0.3) is 0 Å². The molecule has 0 bridgehead atoms. The van der Waals surface area contributed by atoms with E-state index >= 15 is 0 Å². The number of amides is 1. The van der Waals surface area contributed by atoms with Gasteiger partial charge in [0.05, 0.1) is 24.5 Å². The molecule has 96 valence electrons. The second-order valence-electron chi connectivity index (χ2n) is 4.45. The van der Waals surface area contributed by atoms with E-state index in [1.807, 2.05) is 12.3 Å². The lowest BCUT2D eigenvalue weighted by atomic mass is 10.4. The monoisotopic (exact) mass is 247 g/mol. The van der Waals surface area contributed by atoms with Gasteiger partial charge in [0.15, 0.2) is 0 Å². The molecule has 18 heavy (non-hydrogen) atoms. The third-order valence-electron chi connectivity index (χ3n) is 2.72. The molecule has 1 fully saturated rings. The average molecular weight is 247 g/mol. The molecule has 2 N–H and O–H groups in total. The second kappa shape index (κ2) is 6.17. The van der Waals surface area contributed by atoms with Crippen LogP contribution in [0.15, 0.2) is 12.5 Å². The third-order valence-corrected chi connectivity index (χ3v) is 2.72. The zero-order valence-corrected chi connectivity index (χ0v) is 10.2. The summed E-state index contributed by atoms with van der Waals surface area (Å²) >= 11 is 0. The van der Waals surface area contributed by atoms with Crippen molar-refractivity contribution >= 4 is 5.91 Å². The van der Waals surface area contributed by atoms with Crippen molar-refractivity contribution in [1.82, 2.24) is 20.2 Å². The first kappa shape index (κ1) is 12.6. The first-order valence-electron chi connectivity index (χ1n) is 6.15. The second-order valence-corrected chi connectivity index (χ2v) is 4.45. The zero-order valence-electron chi connectivity index (χ0n) is 10.2. The fourth-order valence-electron chi connectivity index (χ4n) is 1.60. The number of nitrogens with one attached hydrogen (secondary N) is 2. The molecule has 1 aliphatic carbocycles. The molecule has 1 aromatic rings. The molecule has 1 amide bonds. The Morgan fingerprint density at radius 1 is 1.61 bits per heavy atom. The van der Waals surface area contributed by atoms with Gasteiger partial charge in [0, 0.05) is 25.3 Å². The van der Waals surface area contributed by atoms with Crippen molar-refractivity contribution in [3.8, 4) is 6.07 Å². The minimum atomic E-state index is -0.0932. The van der Waals surface area contributed by atoms with E-state index in [9.17, 15) is 4.79 Å². The summed E-state index contributed by atoms with van der Waals surface area (Å²) in [6, 6.07) is 2.64. The van der Waals surface area contributed by atoms with Crippen molar-refractivity contribution in [3.63, 3.8) is 0 Å². The van der Waals surface area contributed by atoms with E-state index in [0.29, 0.717) is 19.0 Å². The van der Waals surface area contributed by atoms with Crippen LogP contribution in [0, 0.1) is 11.3 Å². The standard InChI is InChI=1S/C12H17N5O/c13-4-1-5-14-12(18)8-17-7-11(16-9-17)6-15-10-2-3-10/h7,9-10,15H,1-3,5-6,8H2,(H,14,18). The number of nitriles is 1. The van der Waals surface area contributed by atoms with E-state index in [-0.39, 0.29) is 12.5 Å². The normalized spacial score (nSPS) is 14.2. The number of carbonyl (C=O) groups is 1. The summed E-state index contributed by atoms with van der Waals surface area (Å²) in [7, 11) is 0. The van der Waals surface area contributed by atoms with Crippen LogP contribution in [0.1, 0.15) is 25.0 Å². The molecule has 2 rings (SSSR count). The van der Waals surface area contributed by atoms with E-state index in [2.05, 4.69) is 15.6 Å². The first-order chi connectivity index (χ1) is 8.78. The highest BCUT2D eigenvalue weighted by atomic mass is 16.1. The summed E-state index contributed by atoms with van der Waals surface area (Å²) in [4.78, 5) is 15.7. The predicted octanol–water partition coefficient (Wildman–Crippen LogP) is 0.165. The maximum Gasteiger partial charge on any atom is 0.240 e. The molecule has 6 nitrogen and oxygen atoms in total. The molecular weight excluding hydrogens is 230 g/mol. The molecule has 1 aliphatic rings. The average Bonchev–Trinajstić information content (AvgIpc) is 3.08. The smallest absolute Gasteiger partial charge is 0.240 e. The number of aromatic nitrogens is 2. The molecule has 0 radical (unpaired) electrons. The quantitative estimate of drug-likeness (QED) is 0.673. The van der Waals surface area contributed by atoms with Crippen LogP contribution in [0.25, 0.3) is 0 Å². The van der Waals surface area contributed by atoms with Crippen LogP contribution in [0.3, 0.4) is 0 Å². The largest absolute Gasteiger partial charge is 0.354 e. The molecule has 0 saturated heterocycles. The number of hydrogen-bond donors (Lipinski definition) is 2. The lowest BCUT2D eigenvalue weighted by Crippen LogP contribution is -2.27. The van der Waals surface area contributed by atoms with Gasteiger partial charge < -0.3 is 15.2 Å². The third kappa shape index (κ3) is 4.18. The minimum absolute atomic E-state index is 0.0932. The van der Waals surface area contributed by atoms with Crippen molar-refractivity contribution in [2.45, 2.75) is 38.4 Å². The van der Waals surface area contributed by atoms with Gasteiger partial charge in [0.2, 0.25) is 5.91 Å². The Hall–Kier alpha value is -1.87. The molecule has 6 heteroatoms. The van der Waals surface area contributed by atoms with E-state index in [1.165, 1.54) is 12.8 Å². The number of carbonyl (C=O) groups excluding carboxylic acids is 1. The summed E-state index contributed by atoms with van der Waals surface area (Å²) in [5.41, 5.74) is 0.951. The van der Waals surface area contributed by atoms with Crippen LogP contribution in [0.2, 0.25) is 0 Å². The van der Waals surface area contributed by atoms with E-state index in [0.717, 1.165) is 12.2 Å². The Morgan fingerprint density at radius 3 is 3.17 bits per heavy atom. The maximum atomic E-state index is 11.5. The van der Waals surface area contributed by atoms with Crippen molar-refractivity contribution < 1.29 is 4.79 Å². The molecule has 1 saturated carbocycles.